The van der Waals surface area contributed by atoms with Crippen LogP contribution in [0.4, 0.5) is 5.69 Å². The molecule has 1 aliphatic carbocycles. The van der Waals surface area contributed by atoms with Crippen LogP contribution in [0.25, 0.3) is 11.1 Å². The second-order valence-electron chi connectivity index (χ2n) is 9.64. The molecule has 1 aromatic carbocycles. The highest BCUT2D eigenvalue weighted by Crippen LogP contribution is 2.37. The van der Waals surface area contributed by atoms with Crippen LogP contribution >= 0.6 is 0 Å². The van der Waals surface area contributed by atoms with Gasteiger partial charge in [0.15, 0.2) is 5.58 Å². The lowest BCUT2D eigenvalue weighted by Crippen LogP contribution is -2.65. The number of hydrogen-bond donors (Lipinski definition) is 1. The first-order valence-corrected chi connectivity index (χ1v) is 12.5. The fraction of sp³-hybridized carbons (Fsp3) is 0.481. The minimum atomic E-state index is -1.09. The third-order valence-electron chi connectivity index (χ3n) is 7.24. The van der Waals surface area contributed by atoms with E-state index in [-0.39, 0.29) is 17.9 Å². The van der Waals surface area contributed by atoms with E-state index in [1.54, 1.807) is 17.2 Å². The standard InChI is InChI=1S/C27H33N3O4/c1-3-33-21-13-11-20(12-14-21)30-25(31)23-17-24-22(15-16-34-24)29(23)18-27(30,2)26(32)28-19-9-7-5-4-6-8-10-19/h11-17,19H,3-10,18H2,1-2H3,(H,28,32). The Morgan fingerprint density at radius 3 is 2.53 bits per heavy atom. The Bertz CT molecular complexity index is 1170. The van der Waals surface area contributed by atoms with Gasteiger partial charge in [-0.3, -0.25) is 14.5 Å². The summed E-state index contributed by atoms with van der Waals surface area (Å²) < 4.78 is 13.1. The third-order valence-corrected chi connectivity index (χ3v) is 7.24. The number of nitrogens with zero attached hydrogens (tertiary/aromatic N) is 2. The zero-order valence-corrected chi connectivity index (χ0v) is 20.0. The number of amides is 2. The van der Waals surface area contributed by atoms with Gasteiger partial charge in [-0.15, -0.1) is 0 Å². The van der Waals surface area contributed by atoms with Crippen molar-refractivity contribution in [2.45, 2.75) is 76.9 Å². The number of fused-ring (bicyclic) bond motifs is 3. The first-order valence-electron chi connectivity index (χ1n) is 12.5. The molecule has 0 saturated heterocycles. The number of carbonyl (C=O) groups excluding carboxylic acids is 2. The highest BCUT2D eigenvalue weighted by molar-refractivity contribution is 6.13. The summed E-state index contributed by atoms with van der Waals surface area (Å²) in [6, 6.07) is 11.2. The van der Waals surface area contributed by atoms with Crippen LogP contribution in [-0.2, 0) is 11.3 Å². The molecule has 3 heterocycles. The fourth-order valence-corrected chi connectivity index (χ4v) is 5.42. The largest absolute Gasteiger partial charge is 0.494 e. The molecule has 1 aliphatic heterocycles. The van der Waals surface area contributed by atoms with E-state index in [9.17, 15) is 9.59 Å². The molecule has 0 spiro atoms. The summed E-state index contributed by atoms with van der Waals surface area (Å²) in [5, 5.41) is 3.32. The van der Waals surface area contributed by atoms with Gasteiger partial charge in [0.05, 0.1) is 24.9 Å². The van der Waals surface area contributed by atoms with Crippen molar-refractivity contribution >= 4 is 28.6 Å². The number of anilines is 1. The number of benzene rings is 1. The average molecular weight is 464 g/mol. The molecule has 34 heavy (non-hydrogen) atoms. The maximum Gasteiger partial charge on any atom is 0.276 e. The van der Waals surface area contributed by atoms with E-state index in [1.165, 1.54) is 19.3 Å². The number of carbonyl (C=O) groups is 2. The number of nitrogens with one attached hydrogen (secondary N) is 1. The Labute approximate surface area is 200 Å². The van der Waals surface area contributed by atoms with Crippen molar-refractivity contribution in [1.82, 2.24) is 9.88 Å². The summed E-state index contributed by atoms with van der Waals surface area (Å²) >= 11 is 0. The molecular weight excluding hydrogens is 430 g/mol. The quantitative estimate of drug-likeness (QED) is 0.558. The van der Waals surface area contributed by atoms with Gasteiger partial charge < -0.3 is 19.0 Å². The van der Waals surface area contributed by atoms with Crippen LogP contribution in [0, 0.1) is 0 Å². The van der Waals surface area contributed by atoms with Crippen LogP contribution in [0.3, 0.4) is 0 Å². The van der Waals surface area contributed by atoms with Crippen LogP contribution in [0.1, 0.15) is 69.3 Å². The molecule has 1 saturated carbocycles. The lowest BCUT2D eigenvalue weighted by atomic mass is 9.91. The highest BCUT2D eigenvalue weighted by atomic mass is 16.5. The van der Waals surface area contributed by atoms with Crippen LogP contribution < -0.4 is 15.0 Å². The molecule has 2 amide bonds. The summed E-state index contributed by atoms with van der Waals surface area (Å²) in [6.07, 6.45) is 9.54. The van der Waals surface area contributed by atoms with Gasteiger partial charge in [-0.1, -0.05) is 32.1 Å². The van der Waals surface area contributed by atoms with Gasteiger partial charge in [-0.2, -0.15) is 0 Å². The molecule has 7 nitrogen and oxygen atoms in total. The monoisotopic (exact) mass is 463 g/mol. The lowest BCUT2D eigenvalue weighted by Gasteiger charge is -2.44. The second kappa shape index (κ2) is 9.20. The zero-order valence-electron chi connectivity index (χ0n) is 20.0. The smallest absolute Gasteiger partial charge is 0.276 e. The van der Waals surface area contributed by atoms with E-state index in [2.05, 4.69) is 5.32 Å². The number of hydrogen-bond acceptors (Lipinski definition) is 4. The third kappa shape index (κ3) is 3.97. The molecule has 0 bridgehead atoms. The molecule has 1 N–H and O–H groups in total. The van der Waals surface area contributed by atoms with Gasteiger partial charge in [0, 0.05) is 23.9 Å². The molecule has 1 unspecified atom stereocenters. The first kappa shape index (κ1) is 22.6. The summed E-state index contributed by atoms with van der Waals surface area (Å²) in [6.45, 7) is 4.72. The average Bonchev–Trinajstić information content (AvgIpc) is 3.39. The first-order chi connectivity index (χ1) is 16.5. The predicted octanol–water partition coefficient (Wildman–Crippen LogP) is 5.28. The Kier molecular flexibility index (Phi) is 6.11. The van der Waals surface area contributed by atoms with Gasteiger partial charge >= 0.3 is 0 Å². The molecule has 2 aliphatic rings. The topological polar surface area (TPSA) is 76.7 Å². The van der Waals surface area contributed by atoms with Crippen molar-refractivity contribution < 1.29 is 18.7 Å². The van der Waals surface area contributed by atoms with Crippen molar-refractivity contribution in [3.8, 4) is 5.75 Å². The van der Waals surface area contributed by atoms with E-state index in [0.29, 0.717) is 30.1 Å². The summed E-state index contributed by atoms with van der Waals surface area (Å²) in [7, 11) is 0. The van der Waals surface area contributed by atoms with E-state index in [1.807, 2.05) is 48.7 Å². The van der Waals surface area contributed by atoms with Crippen LogP contribution in [0.15, 0.2) is 47.1 Å². The highest BCUT2D eigenvalue weighted by Gasteiger charge is 2.49. The predicted molar refractivity (Wildman–Crippen MR) is 131 cm³/mol. The van der Waals surface area contributed by atoms with E-state index in [0.717, 1.165) is 36.9 Å². The van der Waals surface area contributed by atoms with Crippen LogP contribution in [-0.4, -0.2) is 34.6 Å². The minimum absolute atomic E-state index is 0.115. The molecule has 3 aromatic rings. The number of aromatic nitrogens is 1. The lowest BCUT2D eigenvalue weighted by molar-refractivity contribution is -0.127. The van der Waals surface area contributed by atoms with Gasteiger partial charge in [0.2, 0.25) is 5.91 Å². The summed E-state index contributed by atoms with van der Waals surface area (Å²) in [5.74, 6) is 0.408. The van der Waals surface area contributed by atoms with E-state index in [4.69, 9.17) is 9.15 Å². The fourth-order valence-electron chi connectivity index (χ4n) is 5.42. The SMILES string of the molecule is CCOc1ccc(N2C(=O)c3cc4occc4n3CC2(C)C(=O)NC2CCCCCCC2)cc1. The Balaban J connectivity index is 1.52. The number of ether oxygens (including phenoxy) is 1. The molecule has 1 atom stereocenters. The van der Waals surface area contributed by atoms with Crippen LogP contribution in [0.2, 0.25) is 0 Å². The summed E-state index contributed by atoms with van der Waals surface area (Å²) in [5.41, 5.74) is 1.59. The van der Waals surface area contributed by atoms with Crippen molar-refractivity contribution in [2.24, 2.45) is 0 Å². The Hall–Kier alpha value is -3.22. The maximum absolute atomic E-state index is 13.9. The van der Waals surface area contributed by atoms with Gasteiger partial charge in [0.25, 0.3) is 5.91 Å². The second-order valence-corrected chi connectivity index (χ2v) is 9.64. The molecule has 1 fully saturated rings. The summed E-state index contributed by atoms with van der Waals surface area (Å²) in [4.78, 5) is 29.4. The van der Waals surface area contributed by atoms with Crippen LogP contribution in [0.5, 0.6) is 5.75 Å². The van der Waals surface area contributed by atoms with Crippen molar-refractivity contribution in [2.75, 3.05) is 11.5 Å². The van der Waals surface area contributed by atoms with Gasteiger partial charge in [-0.25, -0.2) is 0 Å². The van der Waals surface area contributed by atoms with E-state index >= 15 is 0 Å². The normalized spacial score (nSPS) is 21.7. The molecule has 7 heteroatoms. The minimum Gasteiger partial charge on any atom is -0.494 e. The van der Waals surface area contributed by atoms with Crippen molar-refractivity contribution in [3.05, 3.63) is 48.4 Å². The number of rotatable bonds is 5. The van der Waals surface area contributed by atoms with Gasteiger partial charge in [-0.05, 0) is 51.0 Å². The maximum atomic E-state index is 13.9. The van der Waals surface area contributed by atoms with Crippen molar-refractivity contribution in [1.29, 1.82) is 0 Å². The van der Waals surface area contributed by atoms with E-state index < -0.39 is 5.54 Å². The molecule has 5 rings (SSSR count). The van der Waals surface area contributed by atoms with Gasteiger partial charge in [0.1, 0.15) is 17.0 Å². The molecule has 2 aromatic heterocycles. The number of furan rings is 1. The Morgan fingerprint density at radius 1 is 1.12 bits per heavy atom. The molecule has 0 radical (unpaired) electrons. The Morgan fingerprint density at radius 2 is 1.82 bits per heavy atom. The zero-order chi connectivity index (χ0) is 23.7. The molecule has 180 valence electrons. The van der Waals surface area contributed by atoms with Crippen molar-refractivity contribution in [3.63, 3.8) is 0 Å². The molecular formula is C27H33N3O4.